The molecule has 2 atom stereocenters. The molecule has 4 heteroatoms. The lowest BCUT2D eigenvalue weighted by Gasteiger charge is -2.17. The van der Waals surface area contributed by atoms with Crippen molar-refractivity contribution in [2.75, 3.05) is 0 Å². The van der Waals surface area contributed by atoms with Crippen LogP contribution in [0.4, 0.5) is 0 Å². The van der Waals surface area contributed by atoms with E-state index in [9.17, 15) is 0 Å². The smallest absolute Gasteiger partial charge is 0.0391 e. The normalized spacial score (nSPS) is 14.1. The third-order valence-electron chi connectivity index (χ3n) is 2.44. The molecule has 88 valence electrons. The summed E-state index contributed by atoms with van der Waals surface area (Å²) in [6, 6.07) is 9.44. The summed E-state index contributed by atoms with van der Waals surface area (Å²) in [6.07, 6.45) is 0. The van der Waals surface area contributed by atoms with E-state index in [0.717, 1.165) is 0 Å². The second-order valence-corrected chi connectivity index (χ2v) is 5.60. The Hall–Kier alpha value is -0.350. The Labute approximate surface area is 111 Å². The summed E-state index contributed by atoms with van der Waals surface area (Å²) in [5.41, 5.74) is 0. The van der Waals surface area contributed by atoms with Crippen molar-refractivity contribution >= 4 is 35.1 Å². The van der Waals surface area contributed by atoms with Gasteiger partial charge in [-0.15, -0.1) is 35.1 Å². The fourth-order valence-corrected chi connectivity index (χ4v) is 3.10. The molecule has 0 aliphatic rings. The van der Waals surface area contributed by atoms with Gasteiger partial charge < -0.3 is 5.32 Å². The zero-order chi connectivity index (χ0) is 10.7. The highest BCUT2D eigenvalue weighted by Gasteiger charge is 2.11. The van der Waals surface area contributed by atoms with Gasteiger partial charge in [0, 0.05) is 21.8 Å². The minimum Gasteiger partial charge on any atom is -0.302 e. The minimum absolute atomic E-state index is 0. The monoisotopic (exact) mass is 273 g/mol. The number of nitrogens with one attached hydrogen (secondary N) is 1. The standard InChI is InChI=1S/C12H15NS2.ClH/c1-9(11-5-3-7-14-11)13-10(2)12-6-4-8-15-12;/h3-10,13H,1-2H3;1H. The number of halogens is 1. The van der Waals surface area contributed by atoms with Gasteiger partial charge in [-0.2, -0.15) is 0 Å². The Morgan fingerprint density at radius 2 is 1.38 bits per heavy atom. The predicted octanol–water partition coefficient (Wildman–Crippen LogP) is 4.64. The van der Waals surface area contributed by atoms with E-state index in [1.165, 1.54) is 9.75 Å². The van der Waals surface area contributed by atoms with Gasteiger partial charge in [0.25, 0.3) is 0 Å². The molecule has 0 aromatic carbocycles. The Balaban J connectivity index is 0.00000128. The average molecular weight is 274 g/mol. The molecule has 1 nitrogen and oxygen atoms in total. The summed E-state index contributed by atoms with van der Waals surface area (Å²) in [7, 11) is 0. The molecule has 0 amide bonds. The highest BCUT2D eigenvalue weighted by atomic mass is 35.5. The fraction of sp³-hybridized carbons (Fsp3) is 0.333. The highest BCUT2D eigenvalue weighted by Crippen LogP contribution is 2.24. The Morgan fingerprint density at radius 3 is 1.69 bits per heavy atom. The van der Waals surface area contributed by atoms with Crippen LogP contribution in [0.2, 0.25) is 0 Å². The van der Waals surface area contributed by atoms with E-state index in [1.807, 2.05) is 22.7 Å². The summed E-state index contributed by atoms with van der Waals surface area (Å²) in [5.74, 6) is 0. The van der Waals surface area contributed by atoms with E-state index in [0.29, 0.717) is 12.1 Å². The first-order valence-corrected chi connectivity index (χ1v) is 6.86. The summed E-state index contributed by atoms with van der Waals surface area (Å²) >= 11 is 3.62. The van der Waals surface area contributed by atoms with Crippen LogP contribution in [0.25, 0.3) is 0 Å². The molecule has 0 bridgehead atoms. The Bertz CT molecular complexity index is 345. The van der Waals surface area contributed by atoms with Gasteiger partial charge in [-0.3, -0.25) is 0 Å². The van der Waals surface area contributed by atoms with Crippen molar-refractivity contribution in [1.82, 2.24) is 5.32 Å². The van der Waals surface area contributed by atoms with E-state index in [2.05, 4.69) is 54.2 Å². The first-order valence-electron chi connectivity index (χ1n) is 5.10. The maximum Gasteiger partial charge on any atom is 0.0391 e. The molecule has 0 radical (unpaired) electrons. The van der Waals surface area contributed by atoms with Crippen LogP contribution in [0.1, 0.15) is 35.7 Å². The van der Waals surface area contributed by atoms with E-state index in [1.54, 1.807) is 0 Å². The van der Waals surface area contributed by atoms with Gasteiger partial charge in [0.2, 0.25) is 0 Å². The maximum absolute atomic E-state index is 3.61. The van der Waals surface area contributed by atoms with Crippen molar-refractivity contribution in [3.63, 3.8) is 0 Å². The molecule has 2 aromatic heterocycles. The third kappa shape index (κ3) is 3.32. The van der Waals surface area contributed by atoms with Crippen LogP contribution < -0.4 is 5.32 Å². The molecule has 0 spiro atoms. The average Bonchev–Trinajstić information content (AvgIpc) is 2.91. The van der Waals surface area contributed by atoms with Crippen molar-refractivity contribution < 1.29 is 0 Å². The van der Waals surface area contributed by atoms with E-state index in [4.69, 9.17) is 0 Å². The fourth-order valence-electron chi connectivity index (χ4n) is 1.61. The van der Waals surface area contributed by atoms with Crippen LogP contribution in [0.3, 0.4) is 0 Å². The predicted molar refractivity (Wildman–Crippen MR) is 75.9 cm³/mol. The lowest BCUT2D eigenvalue weighted by atomic mass is 10.2. The van der Waals surface area contributed by atoms with Crippen LogP contribution in [-0.4, -0.2) is 0 Å². The van der Waals surface area contributed by atoms with Gasteiger partial charge in [0.1, 0.15) is 0 Å². The zero-order valence-corrected chi connectivity index (χ0v) is 11.8. The van der Waals surface area contributed by atoms with Gasteiger partial charge in [0.15, 0.2) is 0 Å². The van der Waals surface area contributed by atoms with Crippen molar-refractivity contribution in [2.45, 2.75) is 25.9 Å². The van der Waals surface area contributed by atoms with Crippen molar-refractivity contribution in [2.24, 2.45) is 0 Å². The number of thiophene rings is 2. The second-order valence-electron chi connectivity index (χ2n) is 3.64. The van der Waals surface area contributed by atoms with E-state index < -0.39 is 0 Å². The first-order chi connectivity index (χ1) is 7.27. The van der Waals surface area contributed by atoms with E-state index >= 15 is 0 Å². The van der Waals surface area contributed by atoms with E-state index in [-0.39, 0.29) is 12.4 Å². The molecule has 0 aliphatic heterocycles. The van der Waals surface area contributed by atoms with Crippen LogP contribution in [0, 0.1) is 0 Å². The van der Waals surface area contributed by atoms with Crippen molar-refractivity contribution in [1.29, 1.82) is 0 Å². The molecule has 2 unspecified atom stereocenters. The molecular formula is C12H16ClNS2. The van der Waals surface area contributed by atoms with Gasteiger partial charge >= 0.3 is 0 Å². The molecule has 0 aliphatic carbocycles. The summed E-state index contributed by atoms with van der Waals surface area (Å²) in [5, 5.41) is 7.86. The molecule has 0 saturated heterocycles. The van der Waals surface area contributed by atoms with Crippen LogP contribution in [0.5, 0.6) is 0 Å². The van der Waals surface area contributed by atoms with Gasteiger partial charge in [0.05, 0.1) is 0 Å². The van der Waals surface area contributed by atoms with Gasteiger partial charge in [-0.05, 0) is 36.7 Å². The topological polar surface area (TPSA) is 12.0 Å². The summed E-state index contributed by atoms with van der Waals surface area (Å²) in [4.78, 5) is 2.80. The molecule has 1 N–H and O–H groups in total. The molecule has 0 saturated carbocycles. The first kappa shape index (κ1) is 13.7. The third-order valence-corrected chi connectivity index (χ3v) is 4.55. The minimum atomic E-state index is 0. The Kier molecular flexibility index (Phi) is 5.49. The Morgan fingerprint density at radius 1 is 0.938 bits per heavy atom. The SMILES string of the molecule is CC(NC(C)c1cccs1)c1cccs1.Cl. The quantitative estimate of drug-likeness (QED) is 0.855. The van der Waals surface area contributed by atoms with Crippen LogP contribution in [0.15, 0.2) is 35.0 Å². The number of hydrogen-bond donors (Lipinski definition) is 1. The molecular weight excluding hydrogens is 258 g/mol. The van der Waals surface area contributed by atoms with Crippen molar-refractivity contribution in [3.05, 3.63) is 44.8 Å². The number of hydrogen-bond acceptors (Lipinski definition) is 3. The van der Waals surface area contributed by atoms with Gasteiger partial charge in [-0.25, -0.2) is 0 Å². The molecule has 16 heavy (non-hydrogen) atoms. The van der Waals surface area contributed by atoms with Crippen LogP contribution in [-0.2, 0) is 0 Å². The largest absolute Gasteiger partial charge is 0.302 e. The lowest BCUT2D eigenvalue weighted by Crippen LogP contribution is -2.20. The number of rotatable bonds is 4. The molecule has 2 rings (SSSR count). The second kappa shape index (κ2) is 6.40. The molecule has 2 heterocycles. The highest BCUT2D eigenvalue weighted by molar-refractivity contribution is 7.10. The maximum atomic E-state index is 3.61. The molecule has 2 aromatic rings. The molecule has 0 fully saturated rings. The van der Waals surface area contributed by atoms with Crippen molar-refractivity contribution in [3.8, 4) is 0 Å². The summed E-state index contributed by atoms with van der Waals surface area (Å²) in [6.45, 7) is 4.44. The zero-order valence-electron chi connectivity index (χ0n) is 9.34. The lowest BCUT2D eigenvalue weighted by molar-refractivity contribution is 0.506. The summed E-state index contributed by atoms with van der Waals surface area (Å²) < 4.78 is 0. The van der Waals surface area contributed by atoms with Crippen LogP contribution >= 0.6 is 35.1 Å². The van der Waals surface area contributed by atoms with Gasteiger partial charge in [-0.1, -0.05) is 12.1 Å².